The van der Waals surface area contributed by atoms with Gasteiger partial charge in [-0.3, -0.25) is 9.48 Å². The zero-order valence-electron chi connectivity index (χ0n) is 14.7. The van der Waals surface area contributed by atoms with Crippen LogP contribution >= 0.6 is 11.6 Å². The number of carbonyl (C=O) groups is 1. The molecule has 0 saturated carbocycles. The van der Waals surface area contributed by atoms with Crippen molar-refractivity contribution < 1.29 is 18.0 Å². The van der Waals surface area contributed by atoms with E-state index in [1.807, 2.05) is 6.92 Å². The van der Waals surface area contributed by atoms with E-state index in [9.17, 15) is 18.0 Å². The molecule has 0 unspecified atom stereocenters. The summed E-state index contributed by atoms with van der Waals surface area (Å²) in [6.07, 6.45) is -1.27. The number of nitrogens with zero attached hydrogens (tertiary/aromatic N) is 6. The van der Waals surface area contributed by atoms with Gasteiger partial charge in [0.05, 0.1) is 6.20 Å². The van der Waals surface area contributed by atoms with E-state index in [1.54, 1.807) is 17.1 Å². The fourth-order valence-electron chi connectivity index (χ4n) is 2.64. The summed E-state index contributed by atoms with van der Waals surface area (Å²) in [5, 5.41) is 7.70. The summed E-state index contributed by atoms with van der Waals surface area (Å²) in [7, 11) is 1.51. The lowest BCUT2D eigenvalue weighted by Gasteiger charge is -2.14. The SMILES string of the molecule is CCn1cc(CN(C)C(=O)c2nn3c(C(F)(F)F)cc(C)nc3c2Cl)cn1. The molecule has 0 aliphatic rings. The third kappa shape index (κ3) is 3.61. The number of alkyl halides is 3. The molecule has 3 rings (SSSR count). The molecule has 0 aliphatic heterocycles. The van der Waals surface area contributed by atoms with Crippen molar-refractivity contribution in [3.05, 3.63) is 46.1 Å². The fourth-order valence-corrected chi connectivity index (χ4v) is 2.88. The van der Waals surface area contributed by atoms with Crippen molar-refractivity contribution in [3.63, 3.8) is 0 Å². The van der Waals surface area contributed by atoms with Gasteiger partial charge in [-0.05, 0) is 19.9 Å². The van der Waals surface area contributed by atoms with Gasteiger partial charge in [-0.25, -0.2) is 9.50 Å². The Hall–Kier alpha value is -2.62. The zero-order valence-corrected chi connectivity index (χ0v) is 15.5. The summed E-state index contributed by atoms with van der Waals surface area (Å²) < 4.78 is 42.1. The van der Waals surface area contributed by atoms with Gasteiger partial charge >= 0.3 is 6.18 Å². The van der Waals surface area contributed by atoms with E-state index in [0.29, 0.717) is 11.1 Å². The lowest BCUT2D eigenvalue weighted by Crippen LogP contribution is -2.26. The van der Waals surface area contributed by atoms with Crippen LogP contribution in [0.2, 0.25) is 5.02 Å². The summed E-state index contributed by atoms with van der Waals surface area (Å²) >= 11 is 6.14. The van der Waals surface area contributed by atoms with E-state index in [-0.39, 0.29) is 28.6 Å². The van der Waals surface area contributed by atoms with Crippen LogP contribution in [0.15, 0.2) is 18.5 Å². The molecule has 3 aromatic rings. The summed E-state index contributed by atoms with van der Waals surface area (Å²) in [6.45, 7) is 4.23. The molecule has 0 aliphatic carbocycles. The number of aryl methyl sites for hydroxylation is 2. The number of hydrogen-bond acceptors (Lipinski definition) is 4. The van der Waals surface area contributed by atoms with Crippen molar-refractivity contribution in [2.24, 2.45) is 0 Å². The van der Waals surface area contributed by atoms with E-state index in [4.69, 9.17) is 11.6 Å². The molecule has 0 bridgehead atoms. The molecule has 3 aromatic heterocycles. The van der Waals surface area contributed by atoms with Gasteiger partial charge in [0.1, 0.15) is 10.7 Å². The van der Waals surface area contributed by atoms with Crippen molar-refractivity contribution >= 4 is 23.2 Å². The lowest BCUT2D eigenvalue weighted by atomic mass is 10.3. The van der Waals surface area contributed by atoms with Gasteiger partial charge < -0.3 is 4.90 Å². The number of hydrogen-bond donors (Lipinski definition) is 0. The smallest absolute Gasteiger partial charge is 0.336 e. The second-order valence-electron chi connectivity index (χ2n) is 6.04. The molecular weight excluding hydrogens is 385 g/mol. The van der Waals surface area contributed by atoms with Gasteiger partial charge in [0.2, 0.25) is 0 Å². The van der Waals surface area contributed by atoms with Crippen LogP contribution in [0.1, 0.15) is 34.4 Å². The van der Waals surface area contributed by atoms with Gasteiger partial charge in [-0.15, -0.1) is 0 Å². The largest absolute Gasteiger partial charge is 0.433 e. The molecule has 11 heteroatoms. The van der Waals surface area contributed by atoms with Gasteiger partial charge in [0, 0.05) is 37.6 Å². The van der Waals surface area contributed by atoms with Gasteiger partial charge in [-0.2, -0.15) is 23.4 Å². The normalized spacial score (nSPS) is 12.0. The first kappa shape index (κ1) is 19.2. The summed E-state index contributed by atoms with van der Waals surface area (Å²) in [5.74, 6) is -0.611. The van der Waals surface area contributed by atoms with E-state index in [1.165, 1.54) is 18.9 Å². The summed E-state index contributed by atoms with van der Waals surface area (Å²) in [5.41, 5.74) is -0.642. The van der Waals surface area contributed by atoms with E-state index in [0.717, 1.165) is 11.6 Å². The summed E-state index contributed by atoms with van der Waals surface area (Å²) in [6, 6.07) is 0.855. The minimum atomic E-state index is -4.66. The van der Waals surface area contributed by atoms with Crippen LogP contribution in [0.4, 0.5) is 13.2 Å². The van der Waals surface area contributed by atoms with Crippen LogP contribution in [-0.4, -0.2) is 42.2 Å². The molecule has 144 valence electrons. The first-order chi connectivity index (χ1) is 12.6. The molecule has 1 amide bonds. The highest BCUT2D eigenvalue weighted by molar-refractivity contribution is 6.36. The number of carbonyl (C=O) groups excluding carboxylic acids is 1. The molecule has 0 atom stereocenters. The monoisotopic (exact) mass is 400 g/mol. The second kappa shape index (κ2) is 6.84. The average molecular weight is 401 g/mol. The molecule has 7 nitrogen and oxygen atoms in total. The second-order valence-corrected chi connectivity index (χ2v) is 6.42. The number of amides is 1. The highest BCUT2D eigenvalue weighted by atomic mass is 35.5. The Bertz CT molecular complexity index is 1010. The van der Waals surface area contributed by atoms with Crippen LogP contribution in [0.5, 0.6) is 0 Å². The Labute approximate surface area is 157 Å². The van der Waals surface area contributed by atoms with Crippen LogP contribution in [-0.2, 0) is 19.3 Å². The minimum absolute atomic E-state index is 0.121. The van der Waals surface area contributed by atoms with E-state index >= 15 is 0 Å². The zero-order chi connectivity index (χ0) is 19.9. The number of rotatable bonds is 4. The molecule has 0 fully saturated rings. The van der Waals surface area contributed by atoms with Crippen LogP contribution < -0.4 is 0 Å². The number of fused-ring (bicyclic) bond motifs is 1. The van der Waals surface area contributed by atoms with Crippen molar-refractivity contribution in [3.8, 4) is 0 Å². The van der Waals surface area contributed by atoms with E-state index < -0.39 is 17.8 Å². The lowest BCUT2D eigenvalue weighted by molar-refractivity contribution is -0.142. The first-order valence-electron chi connectivity index (χ1n) is 8.01. The number of aromatic nitrogens is 5. The predicted molar refractivity (Wildman–Crippen MR) is 91.4 cm³/mol. The maximum absolute atomic E-state index is 13.3. The van der Waals surface area contributed by atoms with Crippen molar-refractivity contribution in [1.29, 1.82) is 0 Å². The van der Waals surface area contributed by atoms with Crippen LogP contribution in [0.25, 0.3) is 5.65 Å². The highest BCUT2D eigenvalue weighted by Gasteiger charge is 2.36. The fraction of sp³-hybridized carbons (Fsp3) is 0.375. The average Bonchev–Trinajstić information content (AvgIpc) is 3.17. The van der Waals surface area contributed by atoms with Crippen LogP contribution in [0, 0.1) is 6.92 Å². The van der Waals surface area contributed by atoms with Gasteiger partial charge in [0.25, 0.3) is 5.91 Å². The van der Waals surface area contributed by atoms with Crippen molar-refractivity contribution in [1.82, 2.24) is 29.3 Å². The molecule has 3 heterocycles. The Morgan fingerprint density at radius 1 is 1.37 bits per heavy atom. The third-order valence-electron chi connectivity index (χ3n) is 3.93. The minimum Gasteiger partial charge on any atom is -0.336 e. The standard InChI is InChI=1S/C16H16ClF3N6O/c1-4-25-8-10(6-21-25)7-24(3)15(27)13-12(17)14-22-9(2)5-11(16(18,19)20)26(14)23-13/h5-6,8H,4,7H2,1-3H3. The molecule has 0 N–H and O–H groups in total. The predicted octanol–water partition coefficient (Wildman–Crippen LogP) is 3.20. The topological polar surface area (TPSA) is 68.3 Å². The third-order valence-corrected chi connectivity index (χ3v) is 4.28. The van der Waals surface area contributed by atoms with Gasteiger partial charge in [-0.1, -0.05) is 11.6 Å². The maximum atomic E-state index is 13.3. The van der Waals surface area contributed by atoms with Crippen molar-refractivity contribution in [2.45, 2.75) is 33.1 Å². The molecule has 0 saturated heterocycles. The summed E-state index contributed by atoms with van der Waals surface area (Å²) in [4.78, 5) is 18.0. The quantitative estimate of drug-likeness (QED) is 0.674. The Kier molecular flexibility index (Phi) is 4.85. The van der Waals surface area contributed by atoms with Gasteiger partial charge in [0.15, 0.2) is 11.3 Å². The van der Waals surface area contributed by atoms with Crippen molar-refractivity contribution in [2.75, 3.05) is 7.05 Å². The Morgan fingerprint density at radius 2 is 2.07 bits per heavy atom. The first-order valence-corrected chi connectivity index (χ1v) is 8.39. The molecule has 0 spiro atoms. The molecule has 0 aromatic carbocycles. The highest BCUT2D eigenvalue weighted by Crippen LogP contribution is 2.32. The Balaban J connectivity index is 1.98. The van der Waals surface area contributed by atoms with E-state index in [2.05, 4.69) is 15.2 Å². The Morgan fingerprint density at radius 3 is 2.67 bits per heavy atom. The molecule has 0 radical (unpaired) electrons. The van der Waals surface area contributed by atoms with Crippen LogP contribution in [0.3, 0.4) is 0 Å². The maximum Gasteiger partial charge on any atom is 0.433 e. The number of halogens is 4. The molecule has 27 heavy (non-hydrogen) atoms. The molecular formula is C16H16ClF3N6O.